The van der Waals surface area contributed by atoms with Crippen LogP contribution < -0.4 is 4.74 Å². The predicted octanol–water partition coefficient (Wildman–Crippen LogP) is 5.81. The Balaban J connectivity index is 1.34. The minimum atomic E-state index is -0.244. The van der Waals surface area contributed by atoms with Crippen LogP contribution in [0, 0.1) is 11.3 Å². The number of rotatable bonds is 8. The van der Waals surface area contributed by atoms with E-state index < -0.39 is 0 Å². The standard InChI is InChI=1S/C27H22N2O3S/c28-18-22-10-4-5-11-23(22)19-32-24-14-12-21(13-15-24)17-25-26(30)29(27(31)33-25)16-6-9-20-7-2-1-3-8-20/h1-5,7-8,10-15,17H,6,9,16,19H2/b25-17+. The van der Waals surface area contributed by atoms with Gasteiger partial charge < -0.3 is 4.74 Å². The molecule has 1 aliphatic heterocycles. The van der Waals surface area contributed by atoms with E-state index in [2.05, 4.69) is 6.07 Å². The van der Waals surface area contributed by atoms with Gasteiger partial charge in [0.2, 0.25) is 0 Å². The second kappa shape index (κ2) is 10.7. The summed E-state index contributed by atoms with van der Waals surface area (Å²) in [5, 5.41) is 8.95. The normalized spacial score (nSPS) is 14.5. The van der Waals surface area contributed by atoms with Crippen molar-refractivity contribution in [1.29, 1.82) is 5.26 Å². The van der Waals surface area contributed by atoms with Gasteiger partial charge in [-0.15, -0.1) is 0 Å². The summed E-state index contributed by atoms with van der Waals surface area (Å²) in [5.41, 5.74) is 3.42. The maximum atomic E-state index is 12.7. The predicted molar refractivity (Wildman–Crippen MR) is 129 cm³/mol. The third-order valence-corrected chi connectivity index (χ3v) is 6.18. The molecule has 0 spiro atoms. The van der Waals surface area contributed by atoms with E-state index in [1.54, 1.807) is 12.1 Å². The number of benzene rings is 3. The van der Waals surface area contributed by atoms with Crippen LogP contribution in [0.15, 0.2) is 83.8 Å². The number of hydrogen-bond acceptors (Lipinski definition) is 5. The second-order valence-electron chi connectivity index (χ2n) is 7.55. The number of carbonyl (C=O) groups is 2. The molecule has 0 unspecified atom stereocenters. The van der Waals surface area contributed by atoms with Gasteiger partial charge in [-0.1, -0.05) is 60.7 Å². The molecule has 0 radical (unpaired) electrons. The molecular weight excluding hydrogens is 432 g/mol. The lowest BCUT2D eigenvalue weighted by Gasteiger charge is -2.12. The quantitative estimate of drug-likeness (QED) is 0.402. The fourth-order valence-corrected chi connectivity index (χ4v) is 4.37. The highest BCUT2D eigenvalue weighted by molar-refractivity contribution is 8.18. The molecular formula is C27H22N2O3S. The molecule has 164 valence electrons. The monoisotopic (exact) mass is 454 g/mol. The maximum absolute atomic E-state index is 12.7. The zero-order valence-electron chi connectivity index (χ0n) is 17.9. The molecule has 3 aromatic rings. The molecule has 0 N–H and O–H groups in total. The SMILES string of the molecule is N#Cc1ccccc1COc1ccc(/C=C2/SC(=O)N(CCCc3ccccc3)C2=O)cc1. The Morgan fingerprint density at radius 2 is 1.67 bits per heavy atom. The smallest absolute Gasteiger partial charge is 0.293 e. The molecule has 6 heteroatoms. The Hall–Kier alpha value is -3.82. The van der Waals surface area contributed by atoms with E-state index in [4.69, 9.17) is 4.74 Å². The number of hydrogen-bond donors (Lipinski definition) is 0. The third kappa shape index (κ3) is 5.71. The van der Waals surface area contributed by atoms with Gasteiger partial charge in [0.15, 0.2) is 0 Å². The second-order valence-corrected chi connectivity index (χ2v) is 8.54. The number of thioether (sulfide) groups is 1. The number of aryl methyl sites for hydroxylation is 1. The number of imide groups is 1. The first-order chi connectivity index (χ1) is 16.1. The van der Waals surface area contributed by atoms with Gasteiger partial charge in [0.25, 0.3) is 11.1 Å². The summed E-state index contributed by atoms with van der Waals surface area (Å²) in [6.45, 7) is 0.707. The summed E-state index contributed by atoms with van der Waals surface area (Å²) in [6, 6.07) is 26.8. The van der Waals surface area contributed by atoms with Crippen molar-refractivity contribution in [3.05, 3.63) is 106 Å². The van der Waals surface area contributed by atoms with E-state index in [-0.39, 0.29) is 11.1 Å². The number of nitrogens with zero attached hydrogens (tertiary/aromatic N) is 2. The largest absolute Gasteiger partial charge is 0.489 e. The number of amides is 2. The van der Waals surface area contributed by atoms with E-state index in [1.807, 2.05) is 72.8 Å². The van der Waals surface area contributed by atoms with Crippen LogP contribution >= 0.6 is 11.8 Å². The van der Waals surface area contributed by atoms with E-state index in [1.165, 1.54) is 10.5 Å². The summed E-state index contributed by atoms with van der Waals surface area (Å²) in [7, 11) is 0. The molecule has 0 atom stereocenters. The van der Waals surface area contributed by atoms with Crippen LogP contribution in [-0.4, -0.2) is 22.6 Å². The summed E-state index contributed by atoms with van der Waals surface area (Å²) in [5.74, 6) is 0.417. The van der Waals surface area contributed by atoms with Crippen molar-refractivity contribution >= 4 is 29.0 Å². The van der Waals surface area contributed by atoms with E-state index in [9.17, 15) is 14.9 Å². The Morgan fingerprint density at radius 3 is 2.42 bits per heavy atom. The van der Waals surface area contributed by atoms with Crippen LogP contribution in [0.25, 0.3) is 6.08 Å². The van der Waals surface area contributed by atoms with Crippen LogP contribution in [0.1, 0.15) is 28.7 Å². The van der Waals surface area contributed by atoms with E-state index >= 15 is 0 Å². The summed E-state index contributed by atoms with van der Waals surface area (Å²) < 4.78 is 5.79. The Labute approximate surface area is 197 Å². The molecule has 1 heterocycles. The zero-order valence-corrected chi connectivity index (χ0v) is 18.8. The van der Waals surface area contributed by atoms with Crippen LogP contribution in [0.4, 0.5) is 4.79 Å². The van der Waals surface area contributed by atoms with Crippen molar-refractivity contribution in [2.45, 2.75) is 19.4 Å². The van der Waals surface area contributed by atoms with E-state index in [0.717, 1.165) is 35.7 Å². The number of ether oxygens (including phenoxy) is 1. The van der Waals surface area contributed by atoms with Gasteiger partial charge in [0.05, 0.1) is 16.5 Å². The van der Waals surface area contributed by atoms with Gasteiger partial charge in [0, 0.05) is 12.1 Å². The molecule has 3 aromatic carbocycles. The molecule has 0 saturated carbocycles. The molecule has 0 aliphatic carbocycles. The lowest BCUT2D eigenvalue weighted by Crippen LogP contribution is -2.29. The average Bonchev–Trinajstić information content (AvgIpc) is 3.11. The molecule has 1 fully saturated rings. The first-order valence-corrected chi connectivity index (χ1v) is 11.5. The van der Waals surface area contributed by atoms with Gasteiger partial charge in [-0.25, -0.2) is 0 Å². The summed E-state index contributed by atoms with van der Waals surface area (Å²) in [6.07, 6.45) is 3.29. The van der Waals surface area contributed by atoms with Crippen LogP contribution in [0.5, 0.6) is 5.75 Å². The summed E-state index contributed by atoms with van der Waals surface area (Å²) in [4.78, 5) is 26.8. The van der Waals surface area contributed by atoms with Crippen molar-refractivity contribution in [2.75, 3.05) is 6.54 Å². The molecule has 4 rings (SSSR count). The zero-order chi connectivity index (χ0) is 23.0. The topological polar surface area (TPSA) is 70.4 Å². The molecule has 0 bridgehead atoms. The van der Waals surface area contributed by atoms with Gasteiger partial charge in [-0.3, -0.25) is 14.5 Å². The van der Waals surface area contributed by atoms with Gasteiger partial charge >= 0.3 is 0 Å². The molecule has 1 aliphatic rings. The molecule has 2 amide bonds. The molecule has 0 aromatic heterocycles. The fourth-order valence-electron chi connectivity index (χ4n) is 3.51. The third-order valence-electron chi connectivity index (χ3n) is 5.27. The maximum Gasteiger partial charge on any atom is 0.293 e. The minimum absolute atomic E-state index is 0.226. The van der Waals surface area contributed by atoms with Gasteiger partial charge in [0.1, 0.15) is 12.4 Å². The lowest BCUT2D eigenvalue weighted by molar-refractivity contribution is -0.122. The lowest BCUT2D eigenvalue weighted by atomic mass is 10.1. The summed E-state index contributed by atoms with van der Waals surface area (Å²) >= 11 is 0.975. The van der Waals surface area contributed by atoms with Crippen molar-refractivity contribution in [3.63, 3.8) is 0 Å². The van der Waals surface area contributed by atoms with E-state index in [0.29, 0.717) is 29.4 Å². The Morgan fingerprint density at radius 1 is 0.939 bits per heavy atom. The number of carbonyl (C=O) groups excluding carboxylic acids is 2. The fraction of sp³-hybridized carbons (Fsp3) is 0.148. The molecule has 5 nitrogen and oxygen atoms in total. The first-order valence-electron chi connectivity index (χ1n) is 10.6. The molecule has 33 heavy (non-hydrogen) atoms. The first kappa shape index (κ1) is 22.4. The van der Waals surface area contributed by atoms with Crippen molar-refractivity contribution in [3.8, 4) is 11.8 Å². The van der Waals surface area contributed by atoms with Crippen LogP contribution in [0.3, 0.4) is 0 Å². The van der Waals surface area contributed by atoms with Crippen LogP contribution in [-0.2, 0) is 17.8 Å². The van der Waals surface area contributed by atoms with Crippen molar-refractivity contribution in [2.24, 2.45) is 0 Å². The van der Waals surface area contributed by atoms with Gasteiger partial charge in [-0.05, 0) is 60.0 Å². The highest BCUT2D eigenvalue weighted by atomic mass is 32.2. The number of nitriles is 1. The van der Waals surface area contributed by atoms with Crippen molar-refractivity contribution < 1.29 is 14.3 Å². The highest BCUT2D eigenvalue weighted by Crippen LogP contribution is 2.32. The van der Waals surface area contributed by atoms with Gasteiger partial charge in [-0.2, -0.15) is 5.26 Å². The Bertz CT molecular complexity index is 1210. The molecule has 1 saturated heterocycles. The van der Waals surface area contributed by atoms with Crippen molar-refractivity contribution in [1.82, 2.24) is 4.90 Å². The highest BCUT2D eigenvalue weighted by Gasteiger charge is 2.34. The Kier molecular flexibility index (Phi) is 7.23. The minimum Gasteiger partial charge on any atom is -0.489 e. The average molecular weight is 455 g/mol. The van der Waals surface area contributed by atoms with Crippen LogP contribution in [0.2, 0.25) is 0 Å².